The lowest BCUT2D eigenvalue weighted by atomic mass is 10.1. The van der Waals surface area contributed by atoms with Crippen LogP contribution in [-0.4, -0.2) is 38.2 Å². The van der Waals surface area contributed by atoms with Crippen LogP contribution in [0.3, 0.4) is 0 Å². The van der Waals surface area contributed by atoms with E-state index in [1.54, 1.807) is 14.2 Å². The van der Waals surface area contributed by atoms with Gasteiger partial charge in [-0.1, -0.05) is 6.07 Å². The fourth-order valence-electron chi connectivity index (χ4n) is 2.38. The van der Waals surface area contributed by atoms with Gasteiger partial charge in [-0.05, 0) is 37.0 Å². The van der Waals surface area contributed by atoms with Crippen LogP contribution < -0.4 is 14.8 Å². The summed E-state index contributed by atoms with van der Waals surface area (Å²) in [5.74, 6) is 1.37. The van der Waals surface area contributed by atoms with E-state index in [4.69, 9.17) is 9.47 Å². The molecular formula is C15H22N2O3. The topological polar surface area (TPSA) is 50.8 Å². The first kappa shape index (κ1) is 14.5. The van der Waals surface area contributed by atoms with Crippen molar-refractivity contribution in [1.82, 2.24) is 10.2 Å². The van der Waals surface area contributed by atoms with Crippen LogP contribution >= 0.6 is 0 Å². The van der Waals surface area contributed by atoms with Crippen LogP contribution in [0.15, 0.2) is 18.2 Å². The van der Waals surface area contributed by atoms with E-state index in [0.29, 0.717) is 18.0 Å². The number of likely N-dealkylation sites (tertiary alicyclic amines) is 1. The van der Waals surface area contributed by atoms with E-state index in [1.807, 2.05) is 23.1 Å². The van der Waals surface area contributed by atoms with Gasteiger partial charge >= 0.3 is 6.03 Å². The lowest BCUT2D eigenvalue weighted by Gasteiger charge is -2.26. The summed E-state index contributed by atoms with van der Waals surface area (Å²) < 4.78 is 10.4. The molecule has 0 unspecified atom stereocenters. The van der Waals surface area contributed by atoms with E-state index in [-0.39, 0.29) is 6.03 Å². The third kappa shape index (κ3) is 3.56. The van der Waals surface area contributed by atoms with Gasteiger partial charge < -0.3 is 19.7 Å². The number of nitrogens with one attached hydrogen (secondary N) is 1. The van der Waals surface area contributed by atoms with Gasteiger partial charge in [-0.2, -0.15) is 0 Å². The van der Waals surface area contributed by atoms with Crippen LogP contribution in [-0.2, 0) is 6.54 Å². The second-order valence-electron chi connectivity index (χ2n) is 4.90. The average Bonchev–Trinajstić information content (AvgIpc) is 2.53. The summed E-state index contributed by atoms with van der Waals surface area (Å²) in [6.07, 6.45) is 3.42. The minimum atomic E-state index is 0.0134. The van der Waals surface area contributed by atoms with Crippen LogP contribution in [0.2, 0.25) is 0 Å². The maximum Gasteiger partial charge on any atom is 0.317 e. The van der Waals surface area contributed by atoms with Crippen molar-refractivity contribution in [1.29, 1.82) is 0 Å². The minimum absolute atomic E-state index is 0.0134. The lowest BCUT2D eigenvalue weighted by Crippen LogP contribution is -2.42. The average molecular weight is 278 g/mol. The number of rotatable bonds is 4. The molecule has 0 aliphatic carbocycles. The summed E-state index contributed by atoms with van der Waals surface area (Å²) >= 11 is 0. The van der Waals surface area contributed by atoms with Crippen LogP contribution in [0.5, 0.6) is 11.5 Å². The molecule has 1 aromatic rings. The fourth-order valence-corrected chi connectivity index (χ4v) is 2.38. The Labute approximate surface area is 119 Å². The molecule has 0 radical (unpaired) electrons. The summed E-state index contributed by atoms with van der Waals surface area (Å²) in [5, 5.41) is 2.95. The number of nitrogens with zero attached hydrogens (tertiary/aromatic N) is 1. The zero-order valence-electron chi connectivity index (χ0n) is 12.1. The molecular weight excluding hydrogens is 256 g/mol. The molecule has 1 N–H and O–H groups in total. The molecule has 5 nitrogen and oxygen atoms in total. The van der Waals surface area contributed by atoms with Gasteiger partial charge in [0.25, 0.3) is 0 Å². The van der Waals surface area contributed by atoms with E-state index >= 15 is 0 Å². The van der Waals surface area contributed by atoms with Crippen LogP contribution in [0.1, 0.15) is 24.8 Å². The van der Waals surface area contributed by atoms with E-state index in [9.17, 15) is 4.79 Å². The van der Waals surface area contributed by atoms with Crippen molar-refractivity contribution in [3.05, 3.63) is 23.8 Å². The molecule has 20 heavy (non-hydrogen) atoms. The summed E-state index contributed by atoms with van der Waals surface area (Å²) in [6, 6.07) is 5.67. The summed E-state index contributed by atoms with van der Waals surface area (Å²) in [5.41, 5.74) is 0.994. The lowest BCUT2D eigenvalue weighted by molar-refractivity contribution is 0.186. The molecule has 1 fully saturated rings. The van der Waals surface area contributed by atoms with Crippen molar-refractivity contribution in [2.45, 2.75) is 25.8 Å². The quantitative estimate of drug-likeness (QED) is 0.920. The summed E-state index contributed by atoms with van der Waals surface area (Å²) in [4.78, 5) is 13.9. The van der Waals surface area contributed by atoms with Gasteiger partial charge in [-0.3, -0.25) is 0 Å². The highest BCUT2D eigenvalue weighted by Crippen LogP contribution is 2.27. The molecule has 2 rings (SSSR count). The number of hydrogen-bond acceptors (Lipinski definition) is 3. The largest absolute Gasteiger partial charge is 0.493 e. The Hall–Kier alpha value is -1.91. The third-order valence-electron chi connectivity index (χ3n) is 3.53. The van der Waals surface area contributed by atoms with E-state index in [0.717, 1.165) is 31.5 Å². The molecule has 0 aromatic heterocycles. The van der Waals surface area contributed by atoms with Gasteiger partial charge in [-0.25, -0.2) is 4.79 Å². The number of amides is 2. The molecule has 0 bridgehead atoms. The Morgan fingerprint density at radius 1 is 1.15 bits per heavy atom. The van der Waals surface area contributed by atoms with Crippen molar-refractivity contribution >= 4 is 6.03 Å². The second-order valence-corrected chi connectivity index (χ2v) is 4.90. The van der Waals surface area contributed by atoms with Crippen molar-refractivity contribution in [2.24, 2.45) is 0 Å². The predicted molar refractivity (Wildman–Crippen MR) is 77.2 cm³/mol. The molecule has 1 heterocycles. The molecule has 1 saturated heterocycles. The predicted octanol–water partition coefficient (Wildman–Crippen LogP) is 2.40. The van der Waals surface area contributed by atoms with Crippen molar-refractivity contribution in [3.63, 3.8) is 0 Å². The second kappa shape index (κ2) is 7.03. The van der Waals surface area contributed by atoms with Crippen molar-refractivity contribution < 1.29 is 14.3 Å². The number of ether oxygens (including phenoxy) is 2. The van der Waals surface area contributed by atoms with E-state index in [2.05, 4.69) is 5.32 Å². The Morgan fingerprint density at radius 2 is 1.85 bits per heavy atom. The van der Waals surface area contributed by atoms with Gasteiger partial charge in [0.1, 0.15) is 0 Å². The first-order valence-corrected chi connectivity index (χ1v) is 6.98. The number of carbonyl (C=O) groups excluding carboxylic acids is 1. The van der Waals surface area contributed by atoms with Crippen molar-refractivity contribution in [2.75, 3.05) is 27.3 Å². The Bertz CT molecular complexity index is 456. The van der Waals surface area contributed by atoms with E-state index in [1.165, 1.54) is 6.42 Å². The van der Waals surface area contributed by atoms with E-state index < -0.39 is 0 Å². The zero-order chi connectivity index (χ0) is 14.4. The van der Waals surface area contributed by atoms with Gasteiger partial charge in [0.05, 0.1) is 14.2 Å². The molecule has 1 aromatic carbocycles. The number of methoxy groups -OCH3 is 2. The Balaban J connectivity index is 1.91. The molecule has 0 saturated carbocycles. The molecule has 5 heteroatoms. The molecule has 0 atom stereocenters. The van der Waals surface area contributed by atoms with Crippen molar-refractivity contribution in [3.8, 4) is 11.5 Å². The molecule has 0 spiro atoms. The first-order chi connectivity index (χ1) is 9.74. The SMILES string of the molecule is COc1ccc(CNC(=O)N2CCCCC2)cc1OC. The number of carbonyl (C=O) groups is 1. The standard InChI is InChI=1S/C15H22N2O3/c1-19-13-7-6-12(10-14(13)20-2)11-16-15(18)17-8-4-3-5-9-17/h6-7,10H,3-5,8-9,11H2,1-2H3,(H,16,18). The number of piperidine rings is 1. The maximum absolute atomic E-state index is 12.0. The zero-order valence-corrected chi connectivity index (χ0v) is 12.1. The highest BCUT2D eigenvalue weighted by atomic mass is 16.5. The number of hydrogen-bond donors (Lipinski definition) is 1. The van der Waals surface area contributed by atoms with Crippen LogP contribution in [0.25, 0.3) is 0 Å². The molecule has 1 aliphatic rings. The van der Waals surface area contributed by atoms with Gasteiger partial charge in [0, 0.05) is 19.6 Å². The first-order valence-electron chi connectivity index (χ1n) is 6.98. The normalized spacial score (nSPS) is 14.8. The summed E-state index contributed by atoms with van der Waals surface area (Å²) in [7, 11) is 3.21. The molecule has 2 amide bonds. The monoisotopic (exact) mass is 278 g/mol. The smallest absolute Gasteiger partial charge is 0.317 e. The van der Waals surface area contributed by atoms with Crippen LogP contribution in [0.4, 0.5) is 4.79 Å². The highest BCUT2D eigenvalue weighted by molar-refractivity contribution is 5.74. The number of benzene rings is 1. The maximum atomic E-state index is 12.0. The molecule has 110 valence electrons. The minimum Gasteiger partial charge on any atom is -0.493 e. The van der Waals surface area contributed by atoms with Gasteiger partial charge in [-0.15, -0.1) is 0 Å². The summed E-state index contributed by atoms with van der Waals surface area (Å²) in [6.45, 7) is 2.21. The van der Waals surface area contributed by atoms with Crippen LogP contribution in [0, 0.1) is 0 Å². The Morgan fingerprint density at radius 3 is 2.50 bits per heavy atom. The number of urea groups is 1. The fraction of sp³-hybridized carbons (Fsp3) is 0.533. The molecule has 1 aliphatic heterocycles. The van der Waals surface area contributed by atoms with Gasteiger partial charge in [0.2, 0.25) is 0 Å². The highest BCUT2D eigenvalue weighted by Gasteiger charge is 2.15. The third-order valence-corrected chi connectivity index (χ3v) is 3.53. The Kier molecular flexibility index (Phi) is 5.09. The van der Waals surface area contributed by atoms with Gasteiger partial charge in [0.15, 0.2) is 11.5 Å².